The smallest absolute Gasteiger partial charge is 0.408 e. The molecule has 3 aromatic carbocycles. The summed E-state index contributed by atoms with van der Waals surface area (Å²) in [6, 6.07) is 23.3. The molecule has 1 saturated carbocycles. The maximum Gasteiger partial charge on any atom is 0.408 e. The van der Waals surface area contributed by atoms with Gasteiger partial charge in [-0.15, -0.1) is 0 Å². The second-order valence-electron chi connectivity index (χ2n) is 12.4. The lowest BCUT2D eigenvalue weighted by molar-refractivity contribution is -0.143. The summed E-state index contributed by atoms with van der Waals surface area (Å²) >= 11 is 0. The van der Waals surface area contributed by atoms with E-state index in [2.05, 4.69) is 17.6 Å². The van der Waals surface area contributed by atoms with Crippen LogP contribution in [0.15, 0.2) is 78.9 Å². The number of nitrogens with one attached hydrogen (secondary N) is 2. The summed E-state index contributed by atoms with van der Waals surface area (Å²) in [4.78, 5) is 43.3. The summed E-state index contributed by atoms with van der Waals surface area (Å²) < 4.78 is 5.54. The minimum Gasteiger partial charge on any atom is -0.444 e. The van der Waals surface area contributed by atoms with Gasteiger partial charge in [-0.05, 0) is 74.8 Å². The van der Waals surface area contributed by atoms with Crippen LogP contribution in [0.5, 0.6) is 0 Å². The molecule has 0 heterocycles. The fourth-order valence-corrected chi connectivity index (χ4v) is 5.11. The third-order valence-electron chi connectivity index (χ3n) is 7.63. The van der Waals surface area contributed by atoms with Crippen LogP contribution < -0.4 is 10.6 Å². The number of benzene rings is 3. The van der Waals surface area contributed by atoms with E-state index in [9.17, 15) is 14.4 Å². The van der Waals surface area contributed by atoms with Gasteiger partial charge in [0, 0.05) is 19.0 Å². The number of rotatable bonds is 10. The van der Waals surface area contributed by atoms with Crippen molar-refractivity contribution in [3.63, 3.8) is 0 Å². The van der Waals surface area contributed by atoms with Gasteiger partial charge in [0.1, 0.15) is 17.7 Å². The standard InChI is InChI=1S/C35H43N3O4/c1-23-17-18-28(19-24(23)2)31(32(39)36-22-27-15-11-8-12-16-27)38(30-20-25(30)3)33(40)29(21-26-13-9-7-10-14-26)37-34(41)42-35(4,5)6/h7-19,25,29-31H,20-22H2,1-6H3,(H,36,39)(H,37,41). The third-order valence-corrected chi connectivity index (χ3v) is 7.63. The van der Waals surface area contributed by atoms with Crippen LogP contribution in [-0.4, -0.2) is 40.5 Å². The van der Waals surface area contributed by atoms with Gasteiger partial charge in [0.15, 0.2) is 0 Å². The van der Waals surface area contributed by atoms with Crippen molar-refractivity contribution < 1.29 is 19.1 Å². The Balaban J connectivity index is 1.72. The predicted octanol–water partition coefficient (Wildman–Crippen LogP) is 6.03. The van der Waals surface area contributed by atoms with Gasteiger partial charge in [-0.3, -0.25) is 9.59 Å². The highest BCUT2D eigenvalue weighted by molar-refractivity contribution is 5.93. The Labute approximate surface area is 249 Å². The first-order valence-electron chi connectivity index (χ1n) is 14.7. The molecule has 0 saturated heterocycles. The second-order valence-corrected chi connectivity index (χ2v) is 12.4. The van der Waals surface area contributed by atoms with E-state index >= 15 is 0 Å². The lowest BCUT2D eigenvalue weighted by Crippen LogP contribution is -2.54. The highest BCUT2D eigenvalue weighted by Gasteiger charge is 2.48. The van der Waals surface area contributed by atoms with Crippen LogP contribution in [0.4, 0.5) is 4.79 Å². The highest BCUT2D eigenvalue weighted by atomic mass is 16.6. The lowest BCUT2D eigenvalue weighted by Gasteiger charge is -2.35. The van der Waals surface area contributed by atoms with Crippen molar-refractivity contribution in [3.05, 3.63) is 107 Å². The van der Waals surface area contributed by atoms with Gasteiger partial charge in [-0.25, -0.2) is 4.79 Å². The van der Waals surface area contributed by atoms with Crippen LogP contribution >= 0.6 is 0 Å². The molecule has 4 unspecified atom stereocenters. The molecule has 0 aliphatic heterocycles. The maximum atomic E-state index is 14.6. The summed E-state index contributed by atoms with van der Waals surface area (Å²) in [6.07, 6.45) is 0.377. The molecule has 4 rings (SSSR count). The predicted molar refractivity (Wildman–Crippen MR) is 165 cm³/mol. The zero-order chi connectivity index (χ0) is 30.4. The van der Waals surface area contributed by atoms with Crippen molar-refractivity contribution in [2.45, 2.75) is 84.7 Å². The van der Waals surface area contributed by atoms with Gasteiger partial charge in [0.2, 0.25) is 11.8 Å². The van der Waals surface area contributed by atoms with E-state index in [-0.39, 0.29) is 30.2 Å². The molecule has 0 spiro atoms. The van der Waals surface area contributed by atoms with Gasteiger partial charge in [-0.2, -0.15) is 0 Å². The first-order chi connectivity index (χ1) is 19.9. The van der Waals surface area contributed by atoms with E-state index < -0.39 is 23.8 Å². The zero-order valence-electron chi connectivity index (χ0n) is 25.5. The van der Waals surface area contributed by atoms with Crippen LogP contribution in [-0.2, 0) is 27.3 Å². The number of amides is 3. The van der Waals surface area contributed by atoms with Gasteiger partial charge >= 0.3 is 6.09 Å². The largest absolute Gasteiger partial charge is 0.444 e. The van der Waals surface area contributed by atoms with E-state index in [1.807, 2.05) is 92.7 Å². The number of carbonyl (C=O) groups is 3. The van der Waals surface area contributed by atoms with Gasteiger partial charge in [-0.1, -0.05) is 85.8 Å². The SMILES string of the molecule is Cc1ccc(C(C(=O)NCc2ccccc2)N(C(=O)C(Cc2ccccc2)NC(=O)OC(C)(C)C)C2CC2C)cc1C. The molecule has 1 aliphatic carbocycles. The van der Waals surface area contributed by atoms with Crippen molar-refractivity contribution in [2.24, 2.45) is 5.92 Å². The number of aryl methyl sites for hydroxylation is 2. The first kappa shape index (κ1) is 30.8. The molecule has 1 fully saturated rings. The Morgan fingerprint density at radius 3 is 2.05 bits per heavy atom. The lowest BCUT2D eigenvalue weighted by atomic mass is 9.97. The van der Waals surface area contributed by atoms with Crippen molar-refractivity contribution in [2.75, 3.05) is 0 Å². The molecule has 0 bridgehead atoms. The molecular weight excluding hydrogens is 526 g/mol. The zero-order valence-corrected chi connectivity index (χ0v) is 25.5. The average molecular weight is 570 g/mol. The Kier molecular flexibility index (Phi) is 9.71. The third kappa shape index (κ3) is 8.21. The minimum atomic E-state index is -0.925. The van der Waals surface area contributed by atoms with Crippen molar-refractivity contribution in [3.8, 4) is 0 Å². The van der Waals surface area contributed by atoms with E-state index in [1.165, 1.54) is 0 Å². The maximum absolute atomic E-state index is 14.6. The summed E-state index contributed by atoms with van der Waals surface area (Å²) in [5.41, 5.74) is 4.02. The topological polar surface area (TPSA) is 87.7 Å². The van der Waals surface area contributed by atoms with E-state index in [4.69, 9.17) is 4.74 Å². The molecule has 0 radical (unpaired) electrons. The molecule has 3 amide bonds. The molecule has 7 nitrogen and oxygen atoms in total. The summed E-state index contributed by atoms with van der Waals surface area (Å²) in [5, 5.41) is 5.92. The van der Waals surface area contributed by atoms with Crippen LogP contribution in [0.3, 0.4) is 0 Å². The Bertz CT molecular complexity index is 1380. The molecule has 7 heteroatoms. The van der Waals surface area contributed by atoms with Crippen molar-refractivity contribution in [1.29, 1.82) is 0 Å². The molecule has 3 aromatic rings. The van der Waals surface area contributed by atoms with Crippen molar-refractivity contribution in [1.82, 2.24) is 15.5 Å². The van der Waals surface area contributed by atoms with Crippen LogP contribution in [0.1, 0.15) is 68.0 Å². The summed E-state index contributed by atoms with van der Waals surface area (Å²) in [7, 11) is 0. The molecule has 222 valence electrons. The van der Waals surface area contributed by atoms with Gasteiger partial charge in [0.05, 0.1) is 0 Å². The van der Waals surface area contributed by atoms with Crippen LogP contribution in [0, 0.1) is 19.8 Å². The monoisotopic (exact) mass is 569 g/mol. The van der Waals surface area contributed by atoms with Crippen LogP contribution in [0.25, 0.3) is 0 Å². The van der Waals surface area contributed by atoms with Crippen molar-refractivity contribution >= 4 is 17.9 Å². The second kappa shape index (κ2) is 13.2. The highest BCUT2D eigenvalue weighted by Crippen LogP contribution is 2.41. The molecule has 1 aliphatic rings. The number of hydrogen-bond donors (Lipinski definition) is 2. The minimum absolute atomic E-state index is 0.134. The van der Waals surface area contributed by atoms with Gasteiger partial charge in [0.25, 0.3) is 0 Å². The molecular formula is C35H43N3O4. The number of hydrogen-bond acceptors (Lipinski definition) is 4. The number of carbonyl (C=O) groups excluding carboxylic acids is 3. The molecule has 42 heavy (non-hydrogen) atoms. The summed E-state index contributed by atoms with van der Waals surface area (Å²) in [5.74, 6) is -0.341. The van der Waals surface area contributed by atoms with Crippen LogP contribution in [0.2, 0.25) is 0 Å². The Hall–Kier alpha value is -4.13. The average Bonchev–Trinajstić information content (AvgIpc) is 3.67. The normalized spacial score (nSPS) is 17.5. The molecule has 0 aromatic heterocycles. The quantitative estimate of drug-likeness (QED) is 0.312. The van der Waals surface area contributed by atoms with E-state index in [1.54, 1.807) is 25.7 Å². The number of nitrogens with zero attached hydrogens (tertiary/aromatic N) is 1. The van der Waals surface area contributed by atoms with E-state index in [0.29, 0.717) is 6.54 Å². The van der Waals surface area contributed by atoms with E-state index in [0.717, 1.165) is 34.2 Å². The fraction of sp³-hybridized carbons (Fsp3) is 0.400. The summed E-state index contributed by atoms with van der Waals surface area (Å²) in [6.45, 7) is 11.8. The molecule has 4 atom stereocenters. The number of alkyl carbamates (subject to hydrolysis) is 1. The Morgan fingerprint density at radius 1 is 0.905 bits per heavy atom. The van der Waals surface area contributed by atoms with Gasteiger partial charge < -0.3 is 20.3 Å². The fourth-order valence-electron chi connectivity index (χ4n) is 5.11. The Morgan fingerprint density at radius 2 is 1.50 bits per heavy atom. The first-order valence-corrected chi connectivity index (χ1v) is 14.7. The number of ether oxygens (including phenoxy) is 1. The molecule has 2 N–H and O–H groups in total.